The van der Waals surface area contributed by atoms with Gasteiger partial charge < -0.3 is 24.5 Å². The van der Waals surface area contributed by atoms with Crippen LogP contribution in [0, 0.1) is 0 Å². The topological polar surface area (TPSA) is 109 Å². The van der Waals surface area contributed by atoms with E-state index >= 15 is 0 Å². The number of nitrogens with zero attached hydrogens (tertiary/aromatic N) is 1. The highest BCUT2D eigenvalue weighted by molar-refractivity contribution is 5.98. The lowest BCUT2D eigenvalue weighted by molar-refractivity contribution is -0.139. The molecule has 32 heavy (non-hydrogen) atoms. The van der Waals surface area contributed by atoms with Crippen LogP contribution in [0.15, 0.2) is 59.0 Å². The number of amides is 2. The summed E-state index contributed by atoms with van der Waals surface area (Å²) in [4.78, 5) is 38.3. The number of carboxylic acid groups (broad SMARTS) is 1. The van der Waals surface area contributed by atoms with Crippen molar-refractivity contribution in [1.29, 1.82) is 0 Å². The fourth-order valence-corrected chi connectivity index (χ4v) is 3.68. The average molecular weight is 436 g/mol. The number of para-hydroxylation sites is 1. The Morgan fingerprint density at radius 2 is 1.75 bits per heavy atom. The normalized spacial score (nSPS) is 14.8. The van der Waals surface area contributed by atoms with E-state index in [2.05, 4.69) is 5.32 Å². The summed E-state index contributed by atoms with van der Waals surface area (Å²) >= 11 is 0. The molecule has 2 N–H and O–H groups in total. The number of nitrogens with one attached hydrogen (secondary N) is 1. The molecule has 1 aromatic heterocycles. The van der Waals surface area contributed by atoms with Crippen LogP contribution in [0.3, 0.4) is 0 Å². The second kappa shape index (κ2) is 9.65. The van der Waals surface area contributed by atoms with Gasteiger partial charge in [-0.25, -0.2) is 0 Å². The molecule has 0 radical (unpaired) electrons. The van der Waals surface area contributed by atoms with Crippen LogP contribution in [0.2, 0.25) is 0 Å². The van der Waals surface area contributed by atoms with E-state index in [1.54, 1.807) is 29.2 Å². The Bertz CT molecular complexity index is 1080. The fourth-order valence-electron chi connectivity index (χ4n) is 3.68. The minimum absolute atomic E-state index is 0.0222. The molecule has 2 heterocycles. The zero-order chi connectivity index (χ0) is 22.5. The number of carbonyl (C=O) groups excluding carboxylic acids is 2. The van der Waals surface area contributed by atoms with Crippen LogP contribution >= 0.6 is 0 Å². The quantitative estimate of drug-likeness (QED) is 0.590. The summed E-state index contributed by atoms with van der Waals surface area (Å²) in [5.74, 6) is -1.05. The number of benzene rings is 2. The summed E-state index contributed by atoms with van der Waals surface area (Å²) in [6.07, 6.45) is -0.194. The summed E-state index contributed by atoms with van der Waals surface area (Å²) in [5.41, 5.74) is 1.98. The summed E-state index contributed by atoms with van der Waals surface area (Å²) in [6.45, 7) is 1.69. The smallest absolute Gasteiger partial charge is 0.303 e. The number of carboxylic acids is 1. The molecule has 3 aromatic rings. The van der Waals surface area contributed by atoms with Crippen molar-refractivity contribution in [3.63, 3.8) is 0 Å². The average Bonchev–Trinajstić information content (AvgIpc) is 3.26. The predicted molar refractivity (Wildman–Crippen MR) is 117 cm³/mol. The van der Waals surface area contributed by atoms with E-state index in [1.807, 2.05) is 30.3 Å². The highest BCUT2D eigenvalue weighted by Crippen LogP contribution is 2.27. The Kier molecular flexibility index (Phi) is 6.51. The van der Waals surface area contributed by atoms with Gasteiger partial charge in [0, 0.05) is 36.0 Å². The van der Waals surface area contributed by atoms with Gasteiger partial charge in [-0.15, -0.1) is 0 Å². The van der Waals surface area contributed by atoms with Crippen molar-refractivity contribution in [3.8, 4) is 11.3 Å². The maximum Gasteiger partial charge on any atom is 0.303 e. The third-order valence-electron chi connectivity index (χ3n) is 5.43. The van der Waals surface area contributed by atoms with E-state index in [9.17, 15) is 14.4 Å². The van der Waals surface area contributed by atoms with Crippen LogP contribution in [0.25, 0.3) is 22.3 Å². The lowest BCUT2D eigenvalue weighted by Crippen LogP contribution is -2.51. The largest absolute Gasteiger partial charge is 0.481 e. The molecular weight excluding hydrogens is 412 g/mol. The molecule has 8 nitrogen and oxygen atoms in total. The van der Waals surface area contributed by atoms with E-state index in [4.69, 9.17) is 14.3 Å². The lowest BCUT2D eigenvalue weighted by Gasteiger charge is -2.30. The lowest BCUT2D eigenvalue weighted by atomic mass is 10.1. The zero-order valence-electron chi connectivity index (χ0n) is 17.5. The van der Waals surface area contributed by atoms with Crippen molar-refractivity contribution in [2.45, 2.75) is 18.9 Å². The predicted octanol–water partition coefficient (Wildman–Crippen LogP) is 2.92. The van der Waals surface area contributed by atoms with Gasteiger partial charge in [0.15, 0.2) is 0 Å². The first kappa shape index (κ1) is 21.6. The molecule has 0 spiro atoms. The minimum Gasteiger partial charge on any atom is -0.481 e. The van der Waals surface area contributed by atoms with E-state index in [0.717, 1.165) is 16.5 Å². The van der Waals surface area contributed by atoms with Crippen LogP contribution in [0.4, 0.5) is 0 Å². The third kappa shape index (κ3) is 4.97. The van der Waals surface area contributed by atoms with E-state index in [0.29, 0.717) is 37.6 Å². The molecule has 1 aliphatic rings. The number of furan rings is 1. The number of morpholine rings is 1. The zero-order valence-corrected chi connectivity index (χ0v) is 17.5. The number of rotatable bonds is 7. The number of ether oxygens (including phenoxy) is 1. The van der Waals surface area contributed by atoms with Crippen molar-refractivity contribution < 1.29 is 28.6 Å². The van der Waals surface area contributed by atoms with Gasteiger partial charge in [0.1, 0.15) is 17.4 Å². The molecule has 0 aliphatic carbocycles. The molecule has 0 bridgehead atoms. The van der Waals surface area contributed by atoms with Gasteiger partial charge in [-0.1, -0.05) is 30.3 Å². The summed E-state index contributed by atoms with van der Waals surface area (Å²) in [7, 11) is 0. The molecule has 1 fully saturated rings. The van der Waals surface area contributed by atoms with E-state index < -0.39 is 17.9 Å². The number of hydrogen-bond acceptors (Lipinski definition) is 5. The van der Waals surface area contributed by atoms with Gasteiger partial charge in [0.25, 0.3) is 5.91 Å². The van der Waals surface area contributed by atoms with E-state index in [-0.39, 0.29) is 18.7 Å². The van der Waals surface area contributed by atoms with Gasteiger partial charge in [0.2, 0.25) is 5.91 Å². The number of aliphatic carboxylic acids is 1. The molecule has 1 atom stereocenters. The molecular formula is C24H24N2O6. The van der Waals surface area contributed by atoms with Crippen molar-refractivity contribution in [2.75, 3.05) is 26.3 Å². The molecule has 0 saturated carbocycles. The molecule has 1 saturated heterocycles. The Balaban J connectivity index is 1.47. The van der Waals surface area contributed by atoms with Crippen molar-refractivity contribution in [1.82, 2.24) is 10.2 Å². The van der Waals surface area contributed by atoms with E-state index in [1.165, 1.54) is 0 Å². The minimum atomic E-state index is -1.02. The number of hydrogen-bond donors (Lipinski definition) is 2. The van der Waals surface area contributed by atoms with Gasteiger partial charge in [-0.2, -0.15) is 0 Å². The monoisotopic (exact) mass is 436 g/mol. The second-order valence-electron chi connectivity index (χ2n) is 7.62. The van der Waals surface area contributed by atoms with Crippen LogP contribution in [0.5, 0.6) is 0 Å². The van der Waals surface area contributed by atoms with Gasteiger partial charge in [-0.05, 0) is 30.7 Å². The fraction of sp³-hybridized carbons (Fsp3) is 0.292. The van der Waals surface area contributed by atoms with Crippen molar-refractivity contribution in [2.24, 2.45) is 0 Å². The summed E-state index contributed by atoms with van der Waals surface area (Å²) in [6, 6.07) is 15.6. The third-order valence-corrected chi connectivity index (χ3v) is 5.43. The first-order chi connectivity index (χ1) is 15.5. The molecule has 8 heteroatoms. The summed E-state index contributed by atoms with van der Waals surface area (Å²) < 4.78 is 11.1. The Hall–Kier alpha value is -3.65. The van der Waals surface area contributed by atoms with Crippen molar-refractivity contribution >= 4 is 28.8 Å². The van der Waals surface area contributed by atoms with Gasteiger partial charge >= 0.3 is 5.97 Å². The van der Waals surface area contributed by atoms with Crippen molar-refractivity contribution in [3.05, 3.63) is 60.2 Å². The highest BCUT2D eigenvalue weighted by atomic mass is 16.5. The second-order valence-corrected chi connectivity index (χ2v) is 7.62. The van der Waals surface area contributed by atoms with Gasteiger partial charge in [-0.3, -0.25) is 14.4 Å². The molecule has 1 unspecified atom stereocenters. The number of fused-ring (bicyclic) bond motifs is 1. The van der Waals surface area contributed by atoms with Crippen LogP contribution < -0.4 is 5.32 Å². The molecule has 2 aromatic carbocycles. The molecule has 2 amide bonds. The SMILES string of the molecule is O=C(O)CCC(NC(=O)c1ccc(-c2cc3ccccc3o2)cc1)C(=O)N1CCOCC1. The molecule has 4 rings (SSSR count). The Morgan fingerprint density at radius 3 is 2.44 bits per heavy atom. The molecule has 166 valence electrons. The highest BCUT2D eigenvalue weighted by Gasteiger charge is 2.28. The Labute approximate surface area is 184 Å². The maximum absolute atomic E-state index is 12.9. The maximum atomic E-state index is 12.9. The van der Waals surface area contributed by atoms with Crippen LogP contribution in [0.1, 0.15) is 23.2 Å². The first-order valence-electron chi connectivity index (χ1n) is 10.5. The van der Waals surface area contributed by atoms with Crippen LogP contribution in [-0.2, 0) is 14.3 Å². The first-order valence-corrected chi connectivity index (χ1v) is 10.5. The standard InChI is InChI=1S/C24H24N2O6/c27-22(28)10-9-19(24(30)26-11-13-31-14-12-26)25-23(29)17-7-5-16(6-8-17)21-15-18-3-1-2-4-20(18)32-21/h1-8,15,19H,9-14H2,(H,25,29)(H,27,28). The van der Waals surface area contributed by atoms with Crippen LogP contribution in [-0.4, -0.2) is 60.1 Å². The Morgan fingerprint density at radius 1 is 1.03 bits per heavy atom. The molecule has 1 aliphatic heterocycles. The van der Waals surface area contributed by atoms with Gasteiger partial charge in [0.05, 0.1) is 13.2 Å². The number of carbonyl (C=O) groups is 3. The summed E-state index contributed by atoms with van der Waals surface area (Å²) in [5, 5.41) is 12.7.